The zero-order chi connectivity index (χ0) is 30.6. The molecule has 1 fully saturated rings. The summed E-state index contributed by atoms with van der Waals surface area (Å²) in [5.74, 6) is -1.06. The lowest BCUT2D eigenvalue weighted by molar-refractivity contribution is 0.102. The SMILES string of the molecule is CCN1CCC(COc2n[nH]c3nccc(Oc4ccc(NC(=O)c5ccnn(-c6ccc(F)cc6)c5=O)cc4F)c23)CC1.Cl.Cl. The molecule has 0 unspecified atom stereocenters. The van der Waals surface area contributed by atoms with Gasteiger partial charge in [-0.1, -0.05) is 6.92 Å². The van der Waals surface area contributed by atoms with Crippen molar-refractivity contribution < 1.29 is 23.0 Å². The van der Waals surface area contributed by atoms with Crippen LogP contribution in [0.15, 0.2) is 71.8 Å². The summed E-state index contributed by atoms with van der Waals surface area (Å²) in [6.45, 7) is 5.77. The van der Waals surface area contributed by atoms with Gasteiger partial charge < -0.3 is 19.7 Å². The van der Waals surface area contributed by atoms with Crippen molar-refractivity contribution in [2.24, 2.45) is 5.92 Å². The predicted molar refractivity (Wildman–Crippen MR) is 173 cm³/mol. The van der Waals surface area contributed by atoms with E-state index >= 15 is 4.39 Å². The number of pyridine rings is 1. The van der Waals surface area contributed by atoms with Gasteiger partial charge >= 0.3 is 0 Å². The smallest absolute Gasteiger partial charge is 0.284 e. The van der Waals surface area contributed by atoms with E-state index in [0.717, 1.165) is 43.2 Å². The van der Waals surface area contributed by atoms with Crippen LogP contribution >= 0.6 is 24.8 Å². The number of benzene rings is 2. The highest BCUT2D eigenvalue weighted by Crippen LogP contribution is 2.36. The number of ether oxygens (including phenoxy) is 2. The van der Waals surface area contributed by atoms with Gasteiger partial charge in [-0.05, 0) is 80.9 Å². The molecule has 0 saturated carbocycles. The van der Waals surface area contributed by atoms with E-state index in [2.05, 4.69) is 37.4 Å². The summed E-state index contributed by atoms with van der Waals surface area (Å²) in [5, 5.41) is 14.1. The van der Waals surface area contributed by atoms with E-state index in [1.54, 1.807) is 6.07 Å². The highest BCUT2D eigenvalue weighted by Gasteiger charge is 2.22. The molecule has 0 spiro atoms. The van der Waals surface area contributed by atoms with Gasteiger partial charge in [0.1, 0.15) is 22.5 Å². The van der Waals surface area contributed by atoms with Crippen LogP contribution in [0, 0.1) is 17.6 Å². The average Bonchev–Trinajstić information content (AvgIpc) is 3.46. The molecule has 3 aromatic heterocycles. The van der Waals surface area contributed by atoms with Crippen molar-refractivity contribution in [2.75, 3.05) is 31.6 Å². The number of piperidine rings is 1. The first-order valence-corrected chi connectivity index (χ1v) is 14.2. The molecule has 1 aliphatic heterocycles. The van der Waals surface area contributed by atoms with E-state index in [9.17, 15) is 14.0 Å². The summed E-state index contributed by atoms with van der Waals surface area (Å²) < 4.78 is 41.5. The molecule has 5 aromatic rings. The van der Waals surface area contributed by atoms with E-state index in [4.69, 9.17) is 9.47 Å². The molecule has 0 radical (unpaired) electrons. The molecule has 2 N–H and O–H groups in total. The van der Waals surface area contributed by atoms with Gasteiger partial charge in [-0.15, -0.1) is 29.9 Å². The quantitative estimate of drug-likeness (QED) is 0.202. The number of hydrogen-bond donors (Lipinski definition) is 2. The Morgan fingerprint density at radius 2 is 1.78 bits per heavy atom. The minimum absolute atomic E-state index is 0. The maximum absolute atomic E-state index is 15.2. The van der Waals surface area contributed by atoms with Gasteiger partial charge in [0.15, 0.2) is 17.2 Å². The second-order valence-electron chi connectivity index (χ2n) is 10.4. The van der Waals surface area contributed by atoms with Gasteiger partial charge in [0, 0.05) is 30.2 Å². The molecule has 0 aliphatic carbocycles. The zero-order valence-corrected chi connectivity index (χ0v) is 26.2. The molecule has 0 bridgehead atoms. The third-order valence-corrected chi connectivity index (χ3v) is 7.57. The number of rotatable bonds is 9. The molecular formula is C31H31Cl2F2N7O4. The fraction of sp³-hybridized carbons (Fsp3) is 0.258. The van der Waals surface area contributed by atoms with Crippen molar-refractivity contribution in [2.45, 2.75) is 19.8 Å². The number of nitrogens with zero attached hydrogens (tertiary/aromatic N) is 5. The maximum atomic E-state index is 15.2. The summed E-state index contributed by atoms with van der Waals surface area (Å²) in [7, 11) is 0. The van der Waals surface area contributed by atoms with Crippen molar-refractivity contribution in [1.82, 2.24) is 29.9 Å². The minimum atomic E-state index is -0.766. The maximum Gasteiger partial charge on any atom is 0.284 e. The molecular weight excluding hydrogens is 643 g/mol. The zero-order valence-electron chi connectivity index (χ0n) is 24.6. The van der Waals surface area contributed by atoms with Crippen molar-refractivity contribution in [3.63, 3.8) is 0 Å². The van der Waals surface area contributed by atoms with Crippen LogP contribution in [0.4, 0.5) is 14.5 Å². The van der Waals surface area contributed by atoms with Crippen LogP contribution < -0.4 is 20.3 Å². The van der Waals surface area contributed by atoms with Crippen molar-refractivity contribution in [3.05, 3.63) is 94.5 Å². The van der Waals surface area contributed by atoms with Gasteiger partial charge in [0.05, 0.1) is 12.3 Å². The Balaban J connectivity index is 0.00000240. The summed E-state index contributed by atoms with van der Waals surface area (Å²) in [5.41, 5.74) is -0.125. The molecule has 1 saturated heterocycles. The Bertz CT molecular complexity index is 1860. The van der Waals surface area contributed by atoms with Crippen LogP contribution in [-0.4, -0.2) is 62.0 Å². The summed E-state index contributed by atoms with van der Waals surface area (Å²) in [6.07, 6.45) is 4.87. The highest BCUT2D eigenvalue weighted by atomic mass is 35.5. The van der Waals surface area contributed by atoms with Crippen LogP contribution in [0.5, 0.6) is 17.4 Å². The number of carbonyl (C=O) groups is 1. The number of halogens is 4. The number of H-pyrrole nitrogens is 1. The molecule has 1 amide bonds. The highest BCUT2D eigenvalue weighted by molar-refractivity contribution is 6.04. The van der Waals surface area contributed by atoms with Gasteiger partial charge in [0.25, 0.3) is 11.5 Å². The fourth-order valence-corrected chi connectivity index (χ4v) is 5.08. The molecule has 0 atom stereocenters. The Hall–Kier alpha value is -4.59. The van der Waals surface area contributed by atoms with E-state index in [1.165, 1.54) is 54.9 Å². The molecule has 4 heterocycles. The van der Waals surface area contributed by atoms with E-state index in [1.807, 2.05) is 0 Å². The summed E-state index contributed by atoms with van der Waals surface area (Å²) >= 11 is 0. The van der Waals surface area contributed by atoms with Gasteiger partial charge in [-0.25, -0.2) is 13.8 Å². The Morgan fingerprint density at radius 3 is 2.50 bits per heavy atom. The monoisotopic (exact) mass is 673 g/mol. The third kappa shape index (κ3) is 7.44. The number of likely N-dealkylation sites (tertiary alicyclic amines) is 1. The van der Waals surface area contributed by atoms with Crippen LogP contribution in [0.3, 0.4) is 0 Å². The van der Waals surface area contributed by atoms with E-state index < -0.39 is 23.1 Å². The number of amides is 1. The predicted octanol–water partition coefficient (Wildman–Crippen LogP) is 5.78. The number of hydrogen-bond acceptors (Lipinski definition) is 8. The molecule has 6 rings (SSSR count). The number of aromatic amines is 1. The normalized spacial score (nSPS) is 13.5. The lowest BCUT2D eigenvalue weighted by Crippen LogP contribution is -2.35. The Kier molecular flexibility index (Phi) is 11.3. The van der Waals surface area contributed by atoms with Crippen molar-refractivity contribution in [3.8, 4) is 23.1 Å². The fourth-order valence-electron chi connectivity index (χ4n) is 5.08. The van der Waals surface area contributed by atoms with Gasteiger partial charge in [0.2, 0.25) is 5.88 Å². The van der Waals surface area contributed by atoms with Crippen LogP contribution in [0.25, 0.3) is 16.7 Å². The summed E-state index contributed by atoms with van der Waals surface area (Å²) in [4.78, 5) is 32.5. The molecule has 1 aliphatic rings. The first-order valence-electron chi connectivity index (χ1n) is 14.2. The second kappa shape index (κ2) is 15.1. The second-order valence-corrected chi connectivity index (χ2v) is 10.4. The largest absolute Gasteiger partial charge is 0.476 e. The number of aromatic nitrogens is 5. The standard InChI is InChI=1S/C31H29F2N7O4.2ClH/c1-2-39-15-11-19(12-16-39)18-43-30-27-26(10-13-34-28(27)37-38-30)44-25-8-5-21(17-24(25)33)36-29(41)23-9-14-35-40(31(23)42)22-6-3-20(32)4-7-22;;/h3-10,13-14,17,19H,2,11-12,15-16,18H2,1H3,(H,36,41)(H,34,37,38);2*1H. The van der Waals surface area contributed by atoms with Crippen molar-refractivity contribution in [1.29, 1.82) is 0 Å². The average molecular weight is 675 g/mol. The first kappa shape index (κ1) is 34.3. The van der Waals surface area contributed by atoms with Crippen LogP contribution in [0.1, 0.15) is 30.1 Å². The van der Waals surface area contributed by atoms with Crippen LogP contribution in [-0.2, 0) is 0 Å². The first-order chi connectivity index (χ1) is 21.4. The summed E-state index contributed by atoms with van der Waals surface area (Å²) in [6, 6.07) is 11.8. The van der Waals surface area contributed by atoms with E-state index in [-0.39, 0.29) is 47.5 Å². The number of fused-ring (bicyclic) bond motifs is 1. The van der Waals surface area contributed by atoms with E-state index in [0.29, 0.717) is 35.2 Å². The topological polar surface area (TPSA) is 127 Å². The Morgan fingerprint density at radius 1 is 1.02 bits per heavy atom. The minimum Gasteiger partial charge on any atom is -0.476 e. The van der Waals surface area contributed by atoms with Crippen LogP contribution in [0.2, 0.25) is 0 Å². The molecule has 46 heavy (non-hydrogen) atoms. The van der Waals surface area contributed by atoms with Gasteiger partial charge in [-0.2, -0.15) is 9.78 Å². The molecule has 15 heteroatoms. The number of nitrogens with one attached hydrogen (secondary N) is 2. The lowest BCUT2D eigenvalue weighted by atomic mass is 9.98. The lowest BCUT2D eigenvalue weighted by Gasteiger charge is -2.30. The number of carbonyl (C=O) groups excluding carboxylic acids is 1. The molecule has 2 aromatic carbocycles. The third-order valence-electron chi connectivity index (χ3n) is 7.57. The Labute approximate surface area is 274 Å². The molecule has 242 valence electrons. The molecule has 11 nitrogen and oxygen atoms in total. The van der Waals surface area contributed by atoms with Crippen molar-refractivity contribution >= 4 is 47.4 Å². The number of anilines is 1. The van der Waals surface area contributed by atoms with Gasteiger partial charge in [-0.3, -0.25) is 14.7 Å².